The van der Waals surface area contributed by atoms with Crippen LogP contribution in [0.25, 0.3) is 0 Å². The number of halogens is 6. The van der Waals surface area contributed by atoms with Gasteiger partial charge in [-0.2, -0.15) is 13.2 Å². The molecule has 1 saturated heterocycles. The van der Waals surface area contributed by atoms with E-state index in [1.165, 1.54) is 24.3 Å². The SMILES string of the molecule is C[C@H]1CC2(Cc3ccc(F)cc3)c3ccc(C(C)(F)C(F)(F)F)cc3CCC2N1C(=O)C1(F)CCC(C(=O)O)CC1. The molecule has 5 rings (SSSR count). The summed E-state index contributed by atoms with van der Waals surface area (Å²) in [4.78, 5) is 26.9. The fourth-order valence-corrected chi connectivity index (χ4v) is 7.43. The first kappa shape index (κ1) is 29.5. The number of nitrogens with zero attached hydrogens (tertiary/aromatic N) is 1. The molecule has 4 atom stereocenters. The summed E-state index contributed by atoms with van der Waals surface area (Å²) >= 11 is 0. The number of carboxylic acid groups (broad SMARTS) is 1. The lowest BCUT2D eigenvalue weighted by Crippen LogP contribution is -2.56. The molecule has 10 heteroatoms. The van der Waals surface area contributed by atoms with Gasteiger partial charge < -0.3 is 10.0 Å². The van der Waals surface area contributed by atoms with Gasteiger partial charge >= 0.3 is 12.1 Å². The topological polar surface area (TPSA) is 57.6 Å². The van der Waals surface area contributed by atoms with E-state index in [0.717, 1.165) is 11.6 Å². The smallest absolute Gasteiger partial charge is 0.426 e. The quantitative estimate of drug-likeness (QED) is 0.388. The number of fused-ring (bicyclic) bond motifs is 3. The minimum absolute atomic E-state index is 0.0536. The molecule has 2 aliphatic carbocycles. The molecule has 1 N–H and O–H groups in total. The number of alkyl halides is 5. The van der Waals surface area contributed by atoms with E-state index in [1.54, 1.807) is 17.0 Å². The largest absolute Gasteiger partial charge is 0.481 e. The highest BCUT2D eigenvalue weighted by atomic mass is 19.4. The highest BCUT2D eigenvalue weighted by Gasteiger charge is 2.59. The number of amides is 1. The molecule has 0 radical (unpaired) electrons. The van der Waals surface area contributed by atoms with Crippen LogP contribution in [-0.2, 0) is 33.5 Å². The monoisotopic (exact) mass is 581 g/mol. The van der Waals surface area contributed by atoms with Crippen LogP contribution in [0.5, 0.6) is 0 Å². The molecule has 0 aromatic heterocycles. The van der Waals surface area contributed by atoms with Crippen molar-refractivity contribution in [3.8, 4) is 0 Å². The molecular weight excluding hydrogens is 548 g/mol. The number of hydrogen-bond donors (Lipinski definition) is 1. The van der Waals surface area contributed by atoms with Gasteiger partial charge in [-0.15, -0.1) is 0 Å². The molecule has 3 unspecified atom stereocenters. The molecule has 0 spiro atoms. The molecule has 1 saturated carbocycles. The Morgan fingerprint density at radius 2 is 1.66 bits per heavy atom. The second kappa shape index (κ2) is 10.1. The van der Waals surface area contributed by atoms with Crippen molar-refractivity contribution in [2.75, 3.05) is 0 Å². The third-order valence-electron chi connectivity index (χ3n) is 9.69. The number of carbonyl (C=O) groups is 2. The van der Waals surface area contributed by atoms with Crippen LogP contribution in [0, 0.1) is 11.7 Å². The van der Waals surface area contributed by atoms with Crippen LogP contribution in [0.2, 0.25) is 0 Å². The summed E-state index contributed by atoms with van der Waals surface area (Å²) < 4.78 is 85.4. The lowest BCUT2D eigenvalue weighted by Gasteiger charge is -2.45. The van der Waals surface area contributed by atoms with Crippen molar-refractivity contribution in [3.05, 3.63) is 70.5 Å². The number of carboxylic acids is 1. The van der Waals surface area contributed by atoms with E-state index in [9.17, 15) is 36.6 Å². The maximum Gasteiger partial charge on any atom is 0.426 e. The summed E-state index contributed by atoms with van der Waals surface area (Å²) in [5.41, 5.74) is -5.11. The first-order valence-corrected chi connectivity index (χ1v) is 14.0. The molecular formula is C31H33F6NO3. The summed E-state index contributed by atoms with van der Waals surface area (Å²) in [7, 11) is 0. The normalized spacial score (nSPS) is 31.2. The van der Waals surface area contributed by atoms with Crippen molar-refractivity contribution in [2.24, 2.45) is 5.92 Å². The van der Waals surface area contributed by atoms with E-state index >= 15 is 4.39 Å². The Morgan fingerprint density at radius 1 is 1.02 bits per heavy atom. The molecule has 2 aromatic rings. The van der Waals surface area contributed by atoms with E-state index in [-0.39, 0.29) is 32.1 Å². The van der Waals surface area contributed by atoms with Gasteiger partial charge in [-0.1, -0.05) is 30.3 Å². The molecule has 1 heterocycles. The van der Waals surface area contributed by atoms with Gasteiger partial charge in [0.25, 0.3) is 5.91 Å². The second-order valence-corrected chi connectivity index (χ2v) is 12.2. The third-order valence-corrected chi connectivity index (χ3v) is 9.69. The van der Waals surface area contributed by atoms with Crippen LogP contribution in [0.4, 0.5) is 26.3 Å². The fraction of sp³-hybridized carbons (Fsp3) is 0.548. The first-order chi connectivity index (χ1) is 19.1. The Morgan fingerprint density at radius 3 is 2.24 bits per heavy atom. The van der Waals surface area contributed by atoms with Crippen molar-refractivity contribution in [2.45, 2.75) is 100 Å². The van der Waals surface area contributed by atoms with Crippen LogP contribution in [0.15, 0.2) is 42.5 Å². The molecule has 0 bridgehead atoms. The Bertz CT molecular complexity index is 1330. The van der Waals surface area contributed by atoms with Gasteiger partial charge in [-0.3, -0.25) is 9.59 Å². The van der Waals surface area contributed by atoms with Crippen molar-refractivity contribution < 1.29 is 41.0 Å². The number of likely N-dealkylation sites (tertiary alicyclic amines) is 1. The molecule has 2 fully saturated rings. The van der Waals surface area contributed by atoms with Gasteiger partial charge in [0.05, 0.1) is 5.92 Å². The van der Waals surface area contributed by atoms with Crippen LogP contribution < -0.4 is 0 Å². The number of rotatable bonds is 5. The zero-order valence-corrected chi connectivity index (χ0v) is 22.9. The zero-order valence-electron chi connectivity index (χ0n) is 22.9. The minimum Gasteiger partial charge on any atom is -0.481 e. The Balaban J connectivity index is 1.55. The van der Waals surface area contributed by atoms with Crippen LogP contribution in [-0.4, -0.2) is 45.8 Å². The predicted molar refractivity (Wildman–Crippen MR) is 139 cm³/mol. The van der Waals surface area contributed by atoms with E-state index < -0.39 is 64.2 Å². The summed E-state index contributed by atoms with van der Waals surface area (Å²) in [6.45, 7) is 2.30. The maximum absolute atomic E-state index is 16.2. The van der Waals surface area contributed by atoms with Crippen LogP contribution in [0.1, 0.15) is 74.6 Å². The number of hydrogen-bond acceptors (Lipinski definition) is 2. The molecule has 1 aliphatic heterocycles. The predicted octanol–water partition coefficient (Wildman–Crippen LogP) is 6.97. The highest BCUT2D eigenvalue weighted by molar-refractivity contribution is 5.87. The molecule has 41 heavy (non-hydrogen) atoms. The zero-order chi connectivity index (χ0) is 30.0. The number of benzene rings is 2. The Hall–Kier alpha value is -3.04. The summed E-state index contributed by atoms with van der Waals surface area (Å²) in [6.07, 6.45) is -4.09. The molecule has 2 aromatic carbocycles. The van der Waals surface area contributed by atoms with E-state index in [0.29, 0.717) is 37.3 Å². The Labute approximate surface area is 234 Å². The van der Waals surface area contributed by atoms with E-state index in [4.69, 9.17) is 0 Å². The fourth-order valence-electron chi connectivity index (χ4n) is 7.43. The number of aryl methyl sites for hydroxylation is 1. The van der Waals surface area contributed by atoms with E-state index in [1.807, 2.05) is 6.92 Å². The van der Waals surface area contributed by atoms with Crippen LogP contribution >= 0.6 is 0 Å². The first-order valence-electron chi connectivity index (χ1n) is 14.0. The molecule has 3 aliphatic rings. The summed E-state index contributed by atoms with van der Waals surface area (Å²) in [6, 6.07) is 8.83. The average Bonchev–Trinajstić information content (AvgIpc) is 3.20. The molecule has 4 nitrogen and oxygen atoms in total. The standard InChI is InChI=1S/C31H33F6NO3/c1-18-16-29(17-19-3-7-23(32)8-4-19)24-9-6-22(28(2,33)31(35,36)37)15-21(24)5-10-25(29)38(18)27(41)30(34)13-11-20(12-14-30)26(39)40/h3-4,6-9,15,18,20,25H,5,10-14,16-17H2,1-2H3,(H,39,40)/t18-,20?,25?,28?,29?,30?/m0/s1. The second-order valence-electron chi connectivity index (χ2n) is 12.2. The number of aliphatic carboxylic acids is 1. The van der Waals surface area contributed by atoms with Gasteiger partial charge in [0.15, 0.2) is 5.67 Å². The maximum atomic E-state index is 16.2. The third kappa shape index (κ3) is 4.91. The van der Waals surface area contributed by atoms with Gasteiger partial charge in [0, 0.05) is 17.5 Å². The summed E-state index contributed by atoms with van der Waals surface area (Å²) in [5.74, 6) is -2.83. The van der Waals surface area contributed by atoms with Crippen molar-refractivity contribution in [3.63, 3.8) is 0 Å². The van der Waals surface area contributed by atoms with Crippen molar-refractivity contribution in [1.29, 1.82) is 0 Å². The van der Waals surface area contributed by atoms with Crippen LogP contribution in [0.3, 0.4) is 0 Å². The van der Waals surface area contributed by atoms with Gasteiger partial charge in [-0.25, -0.2) is 13.2 Å². The van der Waals surface area contributed by atoms with Crippen molar-refractivity contribution >= 4 is 11.9 Å². The van der Waals surface area contributed by atoms with Gasteiger partial charge in [-0.05, 0) is 99.6 Å². The van der Waals surface area contributed by atoms with Gasteiger partial charge in [0.1, 0.15) is 5.82 Å². The highest BCUT2D eigenvalue weighted by Crippen LogP contribution is 2.54. The average molecular weight is 582 g/mol. The molecule has 1 amide bonds. The minimum atomic E-state index is -5.11. The lowest BCUT2D eigenvalue weighted by atomic mass is 9.63. The number of carbonyl (C=O) groups excluding carboxylic acids is 1. The molecule has 222 valence electrons. The van der Waals surface area contributed by atoms with E-state index in [2.05, 4.69) is 0 Å². The summed E-state index contributed by atoms with van der Waals surface area (Å²) in [5, 5.41) is 9.33. The van der Waals surface area contributed by atoms with Gasteiger partial charge in [0.2, 0.25) is 5.67 Å². The Kier molecular flexibility index (Phi) is 7.22. The van der Waals surface area contributed by atoms with Crippen molar-refractivity contribution in [1.82, 2.24) is 4.90 Å². The lowest BCUT2D eigenvalue weighted by molar-refractivity contribution is -0.228.